The first-order chi connectivity index (χ1) is 12.6. The predicted molar refractivity (Wildman–Crippen MR) is 99.9 cm³/mol. The SMILES string of the molecule is CC(C)CNC(=O)[C@@H](C)[NH+]1CCN(S(=O)(=O)c2ccccc2[N+](=O)[O-])CC1. The summed E-state index contributed by atoms with van der Waals surface area (Å²) < 4.78 is 26.9. The molecule has 1 aliphatic heterocycles. The van der Waals surface area contributed by atoms with Gasteiger partial charge in [-0.25, -0.2) is 8.42 Å². The van der Waals surface area contributed by atoms with Crippen LogP contribution in [-0.2, 0) is 14.8 Å². The van der Waals surface area contributed by atoms with E-state index in [0.29, 0.717) is 25.6 Å². The molecule has 1 amide bonds. The minimum atomic E-state index is -3.95. The number of nitro benzene ring substituents is 1. The number of carbonyl (C=O) groups is 1. The van der Waals surface area contributed by atoms with E-state index in [0.717, 1.165) is 4.90 Å². The second kappa shape index (κ2) is 8.77. The van der Waals surface area contributed by atoms with Crippen molar-refractivity contribution in [1.29, 1.82) is 0 Å². The molecule has 1 aliphatic rings. The number of nitrogens with one attached hydrogen (secondary N) is 2. The molecular weight excluding hydrogens is 372 g/mol. The van der Waals surface area contributed by atoms with E-state index in [-0.39, 0.29) is 29.9 Å². The van der Waals surface area contributed by atoms with Gasteiger partial charge in [-0.3, -0.25) is 14.9 Å². The van der Waals surface area contributed by atoms with Crippen molar-refractivity contribution >= 4 is 21.6 Å². The average molecular weight is 399 g/mol. The Morgan fingerprint density at radius 1 is 1.26 bits per heavy atom. The Balaban J connectivity index is 2.05. The van der Waals surface area contributed by atoms with E-state index in [2.05, 4.69) is 5.32 Å². The normalized spacial score (nSPS) is 17.6. The number of hydrogen-bond donors (Lipinski definition) is 2. The molecule has 9 nitrogen and oxygen atoms in total. The molecule has 0 saturated carbocycles. The highest BCUT2D eigenvalue weighted by Crippen LogP contribution is 2.26. The lowest BCUT2D eigenvalue weighted by Crippen LogP contribution is -3.19. The Kier molecular flexibility index (Phi) is 6.90. The number of amides is 1. The van der Waals surface area contributed by atoms with Gasteiger partial charge in [-0.15, -0.1) is 0 Å². The molecule has 0 spiro atoms. The van der Waals surface area contributed by atoms with Crippen LogP contribution in [0.2, 0.25) is 0 Å². The van der Waals surface area contributed by atoms with Crippen molar-refractivity contribution in [3.63, 3.8) is 0 Å². The van der Waals surface area contributed by atoms with Crippen LogP contribution in [0.3, 0.4) is 0 Å². The van der Waals surface area contributed by atoms with Gasteiger partial charge in [0.15, 0.2) is 10.9 Å². The number of nitrogens with zero attached hydrogens (tertiary/aromatic N) is 2. The summed E-state index contributed by atoms with van der Waals surface area (Å²) in [4.78, 5) is 23.4. The van der Waals surface area contributed by atoms with Gasteiger partial charge < -0.3 is 10.2 Å². The fraction of sp³-hybridized carbons (Fsp3) is 0.588. The first-order valence-corrected chi connectivity index (χ1v) is 10.4. The molecular formula is C17H27N4O5S+. The van der Waals surface area contributed by atoms with Gasteiger partial charge in [0.2, 0.25) is 10.0 Å². The summed E-state index contributed by atoms with van der Waals surface area (Å²) in [5, 5.41) is 14.1. The van der Waals surface area contributed by atoms with Crippen molar-refractivity contribution in [1.82, 2.24) is 9.62 Å². The first-order valence-electron chi connectivity index (χ1n) is 9.00. The van der Waals surface area contributed by atoms with E-state index in [9.17, 15) is 23.3 Å². The third-order valence-corrected chi connectivity index (χ3v) is 6.68. The molecule has 1 atom stereocenters. The quantitative estimate of drug-likeness (QED) is 0.480. The molecule has 1 aromatic carbocycles. The number of carbonyl (C=O) groups excluding carboxylic acids is 1. The average Bonchev–Trinajstić information content (AvgIpc) is 2.65. The molecule has 1 saturated heterocycles. The maximum absolute atomic E-state index is 12.8. The number of quaternary nitrogens is 1. The maximum atomic E-state index is 12.8. The molecule has 10 heteroatoms. The summed E-state index contributed by atoms with van der Waals surface area (Å²) in [7, 11) is -3.95. The molecule has 0 unspecified atom stereocenters. The van der Waals surface area contributed by atoms with Crippen LogP contribution < -0.4 is 10.2 Å². The van der Waals surface area contributed by atoms with Crippen molar-refractivity contribution in [2.75, 3.05) is 32.7 Å². The van der Waals surface area contributed by atoms with Crippen molar-refractivity contribution < 1.29 is 23.0 Å². The van der Waals surface area contributed by atoms with Gasteiger partial charge in [-0.05, 0) is 18.9 Å². The smallest absolute Gasteiger partial charge is 0.289 e. The molecule has 1 heterocycles. The van der Waals surface area contributed by atoms with E-state index >= 15 is 0 Å². The maximum Gasteiger partial charge on any atom is 0.289 e. The Labute approximate surface area is 159 Å². The zero-order valence-electron chi connectivity index (χ0n) is 15.8. The second-order valence-electron chi connectivity index (χ2n) is 7.15. The summed E-state index contributed by atoms with van der Waals surface area (Å²) in [6.45, 7) is 7.84. The Morgan fingerprint density at radius 2 is 1.85 bits per heavy atom. The van der Waals surface area contributed by atoms with Crippen LogP contribution in [0.25, 0.3) is 0 Å². The number of sulfonamides is 1. The Hall–Kier alpha value is -2.04. The first kappa shape index (κ1) is 21.3. The molecule has 0 aromatic heterocycles. The monoisotopic (exact) mass is 399 g/mol. The van der Waals surface area contributed by atoms with Gasteiger partial charge in [0.25, 0.3) is 11.6 Å². The molecule has 27 heavy (non-hydrogen) atoms. The lowest BCUT2D eigenvalue weighted by atomic mass is 10.2. The van der Waals surface area contributed by atoms with Gasteiger partial charge in [0, 0.05) is 12.6 Å². The summed E-state index contributed by atoms with van der Waals surface area (Å²) in [6, 6.07) is 5.09. The van der Waals surface area contributed by atoms with Gasteiger partial charge in [-0.2, -0.15) is 4.31 Å². The highest BCUT2D eigenvalue weighted by Gasteiger charge is 2.37. The minimum Gasteiger partial charge on any atom is -0.351 e. The molecule has 0 radical (unpaired) electrons. The summed E-state index contributed by atoms with van der Waals surface area (Å²) >= 11 is 0. The van der Waals surface area contributed by atoms with Crippen molar-refractivity contribution in [3.8, 4) is 0 Å². The number of para-hydroxylation sites is 1. The molecule has 0 bridgehead atoms. The minimum absolute atomic E-state index is 0.0475. The number of piperazine rings is 1. The zero-order chi connectivity index (χ0) is 20.2. The molecule has 1 fully saturated rings. The van der Waals surface area contributed by atoms with Gasteiger partial charge in [-0.1, -0.05) is 26.0 Å². The largest absolute Gasteiger partial charge is 0.351 e. The Morgan fingerprint density at radius 3 is 2.41 bits per heavy atom. The lowest BCUT2D eigenvalue weighted by molar-refractivity contribution is -0.917. The summed E-state index contributed by atoms with van der Waals surface area (Å²) in [5.74, 6) is 0.313. The molecule has 2 N–H and O–H groups in total. The van der Waals surface area contributed by atoms with Crippen LogP contribution in [-0.4, -0.2) is 62.3 Å². The third kappa shape index (κ3) is 5.02. The number of rotatable bonds is 7. The summed E-state index contributed by atoms with van der Waals surface area (Å²) in [6.07, 6.45) is 0. The standard InChI is InChI=1S/C17H26N4O5S/c1-13(2)12-18-17(22)14(3)19-8-10-20(11-9-19)27(25,26)16-7-5-4-6-15(16)21(23)24/h4-7,13-14H,8-12H2,1-3H3,(H,18,22)/p+1/t14-/m1/s1. The van der Waals surface area contributed by atoms with E-state index in [1.165, 1.54) is 28.6 Å². The molecule has 2 rings (SSSR count). The van der Waals surface area contributed by atoms with Crippen LogP contribution in [0.15, 0.2) is 29.2 Å². The van der Waals surface area contributed by atoms with Gasteiger partial charge in [0.1, 0.15) is 0 Å². The number of benzene rings is 1. The zero-order valence-corrected chi connectivity index (χ0v) is 16.7. The highest BCUT2D eigenvalue weighted by atomic mass is 32.2. The second-order valence-corrected chi connectivity index (χ2v) is 9.05. The van der Waals surface area contributed by atoms with Crippen molar-refractivity contribution in [2.45, 2.75) is 31.7 Å². The lowest BCUT2D eigenvalue weighted by Gasteiger charge is -2.34. The van der Waals surface area contributed by atoms with Crippen LogP contribution in [0.4, 0.5) is 5.69 Å². The van der Waals surface area contributed by atoms with Gasteiger partial charge in [0.05, 0.1) is 31.1 Å². The van der Waals surface area contributed by atoms with Crippen molar-refractivity contribution in [3.05, 3.63) is 34.4 Å². The van der Waals surface area contributed by atoms with Crippen molar-refractivity contribution in [2.24, 2.45) is 5.92 Å². The van der Waals surface area contributed by atoms with Crippen LogP contribution in [0.5, 0.6) is 0 Å². The van der Waals surface area contributed by atoms with Crippen LogP contribution >= 0.6 is 0 Å². The molecule has 0 aliphatic carbocycles. The fourth-order valence-corrected chi connectivity index (χ4v) is 4.65. The highest BCUT2D eigenvalue weighted by molar-refractivity contribution is 7.89. The van der Waals surface area contributed by atoms with E-state index in [4.69, 9.17) is 0 Å². The van der Waals surface area contributed by atoms with E-state index < -0.39 is 20.6 Å². The number of nitro groups is 1. The third-order valence-electron chi connectivity index (χ3n) is 4.73. The van der Waals surface area contributed by atoms with E-state index in [1.807, 2.05) is 20.8 Å². The number of hydrogen-bond acceptors (Lipinski definition) is 5. The molecule has 1 aromatic rings. The van der Waals surface area contributed by atoms with Crippen LogP contribution in [0, 0.1) is 16.0 Å². The van der Waals surface area contributed by atoms with Gasteiger partial charge >= 0.3 is 0 Å². The fourth-order valence-electron chi connectivity index (χ4n) is 3.06. The van der Waals surface area contributed by atoms with Crippen LogP contribution in [0.1, 0.15) is 20.8 Å². The predicted octanol–water partition coefficient (Wildman–Crippen LogP) is -0.355. The topological polar surface area (TPSA) is 114 Å². The Bertz CT molecular complexity index is 788. The molecule has 150 valence electrons. The summed E-state index contributed by atoms with van der Waals surface area (Å²) in [5.41, 5.74) is -0.422. The van der Waals surface area contributed by atoms with E-state index in [1.54, 1.807) is 0 Å².